The molecule has 1 aromatic heterocycles. The normalized spacial score (nSPS) is 11.3. The van der Waals surface area contributed by atoms with Gasteiger partial charge in [0.1, 0.15) is 0 Å². The summed E-state index contributed by atoms with van der Waals surface area (Å²) in [4.78, 5) is 15.8. The lowest BCUT2D eigenvalue weighted by Gasteiger charge is -2.03. The van der Waals surface area contributed by atoms with Crippen molar-refractivity contribution in [3.8, 4) is 0 Å². The lowest BCUT2D eigenvalue weighted by Crippen LogP contribution is -2.24. The molecule has 0 aliphatic rings. The Morgan fingerprint density at radius 3 is 2.55 bits per heavy atom. The molecule has 0 saturated heterocycles. The van der Waals surface area contributed by atoms with Crippen LogP contribution in [0.4, 0.5) is 0 Å². The van der Waals surface area contributed by atoms with Gasteiger partial charge in [0.25, 0.3) is 11.0 Å². The zero-order valence-corrected chi connectivity index (χ0v) is 11.9. The lowest BCUT2D eigenvalue weighted by molar-refractivity contribution is 0.0941. The summed E-state index contributed by atoms with van der Waals surface area (Å²) >= 11 is 0. The minimum Gasteiger partial charge on any atom is -0.429 e. The second-order valence-electron chi connectivity index (χ2n) is 4.31. The van der Waals surface area contributed by atoms with Crippen molar-refractivity contribution in [3.63, 3.8) is 0 Å². The van der Waals surface area contributed by atoms with Crippen LogP contribution in [-0.4, -0.2) is 25.6 Å². The number of carbonyl (C=O) groups excluding carboxylic acids is 1. The highest BCUT2D eigenvalue weighted by atomic mass is 32.2. The lowest BCUT2D eigenvalue weighted by atomic mass is 10.2. The number of aryl methyl sites for hydroxylation is 1. The van der Waals surface area contributed by atoms with E-state index in [1.54, 1.807) is 0 Å². The quantitative estimate of drug-likeness (QED) is 0.918. The van der Waals surface area contributed by atoms with E-state index in [1.165, 1.54) is 6.92 Å². The van der Waals surface area contributed by atoms with Gasteiger partial charge in [0.15, 0.2) is 11.6 Å². The Labute approximate surface area is 116 Å². The van der Waals surface area contributed by atoms with E-state index < -0.39 is 20.8 Å². The number of amides is 1. The summed E-state index contributed by atoms with van der Waals surface area (Å²) in [7, 11) is -3.63. The average Bonchev–Trinajstić information content (AvgIpc) is 2.79. The number of nitrogens with one attached hydrogen (secondary N) is 1. The molecule has 1 heterocycles. The highest BCUT2D eigenvalue weighted by Crippen LogP contribution is 2.16. The second kappa shape index (κ2) is 5.46. The SMILES string of the molecule is Cc1nc(C(=O)NCc2ccccc2)c(S(C)(=O)=O)o1. The number of aromatic nitrogens is 1. The minimum absolute atomic E-state index is 0.135. The maximum atomic E-state index is 12.0. The van der Waals surface area contributed by atoms with E-state index in [4.69, 9.17) is 4.42 Å². The third-order valence-electron chi connectivity index (χ3n) is 2.55. The summed E-state index contributed by atoms with van der Waals surface area (Å²) in [6.45, 7) is 1.78. The molecule has 0 unspecified atom stereocenters. The van der Waals surface area contributed by atoms with Crippen molar-refractivity contribution in [2.75, 3.05) is 6.26 Å². The van der Waals surface area contributed by atoms with E-state index in [1.807, 2.05) is 30.3 Å². The topological polar surface area (TPSA) is 89.3 Å². The van der Waals surface area contributed by atoms with Crippen LogP contribution in [0.15, 0.2) is 39.8 Å². The van der Waals surface area contributed by atoms with Crippen LogP contribution in [0.2, 0.25) is 0 Å². The standard InChI is InChI=1S/C13H14N2O4S/c1-9-15-11(13(19-9)20(2,17)18)12(16)14-8-10-6-4-3-5-7-10/h3-7H,8H2,1-2H3,(H,14,16). The van der Waals surface area contributed by atoms with Crippen molar-refractivity contribution in [1.29, 1.82) is 0 Å². The van der Waals surface area contributed by atoms with Gasteiger partial charge in [0, 0.05) is 19.7 Å². The first-order chi connectivity index (χ1) is 9.38. The maximum absolute atomic E-state index is 12.0. The van der Waals surface area contributed by atoms with E-state index in [-0.39, 0.29) is 18.1 Å². The Kier molecular flexibility index (Phi) is 3.89. The van der Waals surface area contributed by atoms with E-state index in [0.29, 0.717) is 0 Å². The van der Waals surface area contributed by atoms with Crippen molar-refractivity contribution in [3.05, 3.63) is 47.5 Å². The monoisotopic (exact) mass is 294 g/mol. The molecule has 0 fully saturated rings. The van der Waals surface area contributed by atoms with Crippen LogP contribution in [0.1, 0.15) is 21.9 Å². The molecule has 0 aliphatic heterocycles. The van der Waals surface area contributed by atoms with Gasteiger partial charge >= 0.3 is 0 Å². The number of hydrogen-bond donors (Lipinski definition) is 1. The number of nitrogens with zero attached hydrogens (tertiary/aromatic N) is 1. The van der Waals surface area contributed by atoms with Crippen molar-refractivity contribution < 1.29 is 17.6 Å². The number of oxazole rings is 1. The summed E-state index contributed by atoms with van der Waals surface area (Å²) in [6, 6.07) is 9.28. The molecule has 0 radical (unpaired) electrons. The Balaban J connectivity index is 2.18. The summed E-state index contributed by atoms with van der Waals surface area (Å²) in [5.74, 6) is -0.443. The molecule has 106 valence electrons. The van der Waals surface area contributed by atoms with Crippen molar-refractivity contribution in [2.24, 2.45) is 0 Å². The molecule has 2 rings (SSSR count). The number of carbonyl (C=O) groups is 1. The number of sulfone groups is 1. The Bertz CT molecular complexity index is 720. The van der Waals surface area contributed by atoms with Crippen LogP contribution in [0.25, 0.3) is 0 Å². The third kappa shape index (κ3) is 3.24. The van der Waals surface area contributed by atoms with Crippen molar-refractivity contribution >= 4 is 15.7 Å². The van der Waals surface area contributed by atoms with Gasteiger partial charge in [-0.15, -0.1) is 0 Å². The summed E-state index contributed by atoms with van der Waals surface area (Å²) in [5.41, 5.74) is 0.697. The zero-order valence-electron chi connectivity index (χ0n) is 11.1. The number of rotatable bonds is 4. The van der Waals surface area contributed by atoms with Gasteiger partial charge in [-0.1, -0.05) is 30.3 Å². The molecule has 1 N–H and O–H groups in total. The van der Waals surface area contributed by atoms with Gasteiger partial charge in [-0.05, 0) is 5.56 Å². The molecule has 2 aromatic rings. The molecule has 1 aromatic carbocycles. The highest BCUT2D eigenvalue weighted by molar-refractivity contribution is 7.90. The maximum Gasteiger partial charge on any atom is 0.274 e. The Hall–Kier alpha value is -2.15. The van der Waals surface area contributed by atoms with E-state index >= 15 is 0 Å². The zero-order chi connectivity index (χ0) is 14.8. The van der Waals surface area contributed by atoms with Crippen molar-refractivity contribution in [1.82, 2.24) is 10.3 Å². The van der Waals surface area contributed by atoms with Crippen LogP contribution >= 0.6 is 0 Å². The largest absolute Gasteiger partial charge is 0.429 e. The minimum atomic E-state index is -3.63. The van der Waals surface area contributed by atoms with Crippen LogP contribution in [0.3, 0.4) is 0 Å². The van der Waals surface area contributed by atoms with Gasteiger partial charge in [0.05, 0.1) is 0 Å². The molecule has 0 atom stereocenters. The predicted octanol–water partition coefficient (Wildman–Crippen LogP) is 1.32. The molecule has 7 heteroatoms. The first kappa shape index (κ1) is 14.3. The van der Waals surface area contributed by atoms with Gasteiger partial charge in [-0.3, -0.25) is 4.79 Å². The van der Waals surface area contributed by atoms with Crippen LogP contribution in [-0.2, 0) is 16.4 Å². The fourth-order valence-electron chi connectivity index (χ4n) is 1.67. The third-order valence-corrected chi connectivity index (χ3v) is 3.50. The fourth-order valence-corrected chi connectivity index (χ4v) is 2.43. The summed E-state index contributed by atoms with van der Waals surface area (Å²) in [6.07, 6.45) is 0.973. The van der Waals surface area contributed by atoms with Gasteiger partial charge in [-0.2, -0.15) is 0 Å². The smallest absolute Gasteiger partial charge is 0.274 e. The highest BCUT2D eigenvalue weighted by Gasteiger charge is 2.25. The van der Waals surface area contributed by atoms with Crippen molar-refractivity contribution in [2.45, 2.75) is 18.6 Å². The van der Waals surface area contributed by atoms with Crippen LogP contribution < -0.4 is 5.32 Å². The summed E-state index contributed by atoms with van der Waals surface area (Å²) < 4.78 is 28.1. The van der Waals surface area contributed by atoms with E-state index in [9.17, 15) is 13.2 Å². The van der Waals surface area contributed by atoms with Crippen LogP contribution in [0.5, 0.6) is 0 Å². The van der Waals surface area contributed by atoms with E-state index in [2.05, 4.69) is 10.3 Å². The molecular formula is C13H14N2O4S. The predicted molar refractivity (Wildman–Crippen MR) is 72.0 cm³/mol. The van der Waals surface area contributed by atoms with Gasteiger partial charge < -0.3 is 9.73 Å². The number of hydrogen-bond acceptors (Lipinski definition) is 5. The molecule has 0 saturated carbocycles. The second-order valence-corrected chi connectivity index (χ2v) is 6.22. The van der Waals surface area contributed by atoms with Crippen LogP contribution in [0, 0.1) is 6.92 Å². The molecule has 20 heavy (non-hydrogen) atoms. The molecule has 6 nitrogen and oxygen atoms in total. The molecular weight excluding hydrogens is 280 g/mol. The average molecular weight is 294 g/mol. The molecule has 0 bridgehead atoms. The van der Waals surface area contributed by atoms with Gasteiger partial charge in [-0.25, -0.2) is 13.4 Å². The Morgan fingerprint density at radius 2 is 1.95 bits per heavy atom. The first-order valence-electron chi connectivity index (χ1n) is 5.87. The first-order valence-corrected chi connectivity index (χ1v) is 7.76. The molecule has 0 spiro atoms. The number of benzene rings is 1. The van der Waals surface area contributed by atoms with E-state index in [0.717, 1.165) is 11.8 Å². The summed E-state index contributed by atoms with van der Waals surface area (Å²) in [5, 5.41) is 2.21. The molecule has 0 aliphatic carbocycles. The Morgan fingerprint density at radius 1 is 1.30 bits per heavy atom. The molecule has 1 amide bonds. The fraction of sp³-hybridized carbons (Fsp3) is 0.231. The van der Waals surface area contributed by atoms with Gasteiger partial charge in [0.2, 0.25) is 9.84 Å².